The number of halogens is 3. The first-order valence-corrected chi connectivity index (χ1v) is 14.0. The fourth-order valence-corrected chi connectivity index (χ4v) is 3.71. The molecule has 242 valence electrons. The first kappa shape index (κ1) is 37.6. The predicted octanol–water partition coefficient (Wildman–Crippen LogP) is 1.28. The summed E-state index contributed by atoms with van der Waals surface area (Å²) in [5.41, 5.74) is 6.36. The van der Waals surface area contributed by atoms with Crippen molar-refractivity contribution in [3.05, 3.63) is 71.8 Å². The van der Waals surface area contributed by atoms with Crippen LogP contribution in [0.3, 0.4) is 0 Å². The molecule has 14 heteroatoms. The minimum absolute atomic E-state index is 0.00597. The molecule has 0 fully saturated rings. The number of carbonyl (C=O) groups excluding carboxylic acids is 5. The molecule has 0 saturated carbocycles. The van der Waals surface area contributed by atoms with E-state index in [-0.39, 0.29) is 12.8 Å². The molecule has 2 unspecified atom stereocenters. The molecule has 2 aromatic carbocycles. The van der Waals surface area contributed by atoms with E-state index in [1.54, 1.807) is 60.7 Å². The number of hydrogen-bond donors (Lipinski definition) is 6. The summed E-state index contributed by atoms with van der Waals surface area (Å²) in [5.74, 6) is -3.93. The maximum Gasteiger partial charge on any atom is 0.416 e. The zero-order valence-electron chi connectivity index (χ0n) is 24.7. The molecule has 0 radical (unpaired) electrons. The third kappa shape index (κ3) is 15.7. The average molecular weight is 624 g/mol. The SMILES string of the molecule is CCC.NC(=O)CCC(NC(=O)CNC(=O)[C@H](Cc1ccccc1)NC(=O)CNC(=O)Cc1ccccc1)C(O)C(F)(F)F. The zero-order valence-corrected chi connectivity index (χ0v) is 24.7. The van der Waals surface area contributed by atoms with E-state index in [1.165, 1.54) is 6.42 Å². The Morgan fingerprint density at radius 3 is 1.82 bits per heavy atom. The Bertz CT molecular complexity index is 1200. The Morgan fingerprint density at radius 1 is 0.795 bits per heavy atom. The highest BCUT2D eigenvalue weighted by molar-refractivity contribution is 5.92. The summed E-state index contributed by atoms with van der Waals surface area (Å²) in [5, 5.41) is 18.7. The molecule has 44 heavy (non-hydrogen) atoms. The number of hydrogen-bond acceptors (Lipinski definition) is 6. The molecule has 0 aliphatic carbocycles. The molecule has 0 saturated heterocycles. The number of nitrogens with one attached hydrogen (secondary N) is 4. The van der Waals surface area contributed by atoms with Crippen LogP contribution in [0.2, 0.25) is 0 Å². The van der Waals surface area contributed by atoms with Crippen LogP contribution < -0.4 is 27.0 Å². The molecule has 11 nitrogen and oxygen atoms in total. The highest BCUT2D eigenvalue weighted by Crippen LogP contribution is 2.24. The van der Waals surface area contributed by atoms with E-state index in [9.17, 15) is 42.3 Å². The van der Waals surface area contributed by atoms with Crippen LogP contribution in [0.15, 0.2) is 60.7 Å². The van der Waals surface area contributed by atoms with Crippen molar-refractivity contribution in [2.75, 3.05) is 13.1 Å². The van der Waals surface area contributed by atoms with Gasteiger partial charge in [0.2, 0.25) is 29.5 Å². The molecule has 7 N–H and O–H groups in total. The third-order valence-electron chi connectivity index (χ3n) is 5.78. The molecule has 0 aliphatic rings. The lowest BCUT2D eigenvalue weighted by Crippen LogP contribution is -2.54. The number of nitrogens with two attached hydrogens (primary N) is 1. The van der Waals surface area contributed by atoms with Gasteiger partial charge in [-0.25, -0.2) is 0 Å². The Morgan fingerprint density at radius 2 is 1.30 bits per heavy atom. The lowest BCUT2D eigenvalue weighted by Gasteiger charge is -2.26. The number of primary amides is 1. The Hall–Kier alpha value is -4.46. The first-order valence-electron chi connectivity index (χ1n) is 14.0. The minimum Gasteiger partial charge on any atom is -0.382 e. The average Bonchev–Trinajstić information content (AvgIpc) is 2.97. The van der Waals surface area contributed by atoms with Crippen molar-refractivity contribution in [2.24, 2.45) is 5.73 Å². The first-order chi connectivity index (χ1) is 20.8. The number of benzene rings is 2. The smallest absolute Gasteiger partial charge is 0.382 e. The topological polar surface area (TPSA) is 180 Å². The van der Waals surface area contributed by atoms with Crippen LogP contribution in [0.1, 0.15) is 44.2 Å². The summed E-state index contributed by atoms with van der Waals surface area (Å²) in [6.45, 7) is 3.03. The largest absolute Gasteiger partial charge is 0.416 e. The fourth-order valence-electron chi connectivity index (χ4n) is 3.71. The van der Waals surface area contributed by atoms with E-state index in [1.807, 2.05) is 5.32 Å². The fraction of sp³-hybridized carbons (Fsp3) is 0.433. The van der Waals surface area contributed by atoms with Gasteiger partial charge in [-0.2, -0.15) is 13.2 Å². The number of rotatable bonds is 15. The number of aliphatic hydroxyl groups excluding tert-OH is 1. The summed E-state index contributed by atoms with van der Waals surface area (Å²) in [7, 11) is 0. The second-order valence-corrected chi connectivity index (χ2v) is 9.84. The summed E-state index contributed by atoms with van der Waals surface area (Å²) < 4.78 is 39.0. The number of amides is 5. The number of aliphatic hydroxyl groups is 1. The minimum atomic E-state index is -5.08. The van der Waals surface area contributed by atoms with Crippen molar-refractivity contribution in [2.45, 2.75) is 70.3 Å². The van der Waals surface area contributed by atoms with Crippen molar-refractivity contribution >= 4 is 29.5 Å². The molecule has 2 aromatic rings. The Labute approximate surface area is 254 Å². The third-order valence-corrected chi connectivity index (χ3v) is 5.78. The molecule has 3 atom stereocenters. The maximum absolute atomic E-state index is 13.0. The van der Waals surface area contributed by atoms with E-state index in [4.69, 9.17) is 5.73 Å². The van der Waals surface area contributed by atoms with Gasteiger partial charge in [0.05, 0.1) is 25.6 Å². The highest BCUT2D eigenvalue weighted by Gasteiger charge is 2.44. The van der Waals surface area contributed by atoms with Crippen LogP contribution in [-0.4, -0.2) is 72.1 Å². The summed E-state index contributed by atoms with van der Waals surface area (Å²) in [6, 6.07) is 14.3. The molecular weight excluding hydrogens is 583 g/mol. The number of alkyl halides is 3. The molecule has 2 rings (SSSR count). The van der Waals surface area contributed by atoms with Crippen LogP contribution >= 0.6 is 0 Å². The maximum atomic E-state index is 13.0. The van der Waals surface area contributed by atoms with Crippen LogP contribution in [0.4, 0.5) is 13.2 Å². The van der Waals surface area contributed by atoms with Gasteiger partial charge in [-0.15, -0.1) is 0 Å². The molecular formula is C30H40F3N5O6. The second kappa shape index (κ2) is 19.7. The van der Waals surface area contributed by atoms with E-state index < -0.39 is 79.8 Å². The lowest BCUT2D eigenvalue weighted by atomic mass is 10.0. The van der Waals surface area contributed by atoms with Gasteiger partial charge in [0, 0.05) is 12.8 Å². The van der Waals surface area contributed by atoms with Gasteiger partial charge in [-0.1, -0.05) is 80.9 Å². The van der Waals surface area contributed by atoms with Gasteiger partial charge in [0.1, 0.15) is 6.04 Å². The quantitative estimate of drug-likeness (QED) is 0.174. The Kier molecular flexibility index (Phi) is 16.8. The van der Waals surface area contributed by atoms with Crippen LogP contribution in [-0.2, 0) is 36.8 Å². The lowest BCUT2D eigenvalue weighted by molar-refractivity contribution is -0.212. The van der Waals surface area contributed by atoms with E-state index in [0.29, 0.717) is 5.56 Å². The summed E-state index contributed by atoms with van der Waals surface area (Å²) in [4.78, 5) is 60.9. The monoisotopic (exact) mass is 623 g/mol. The predicted molar refractivity (Wildman–Crippen MR) is 157 cm³/mol. The molecule has 0 spiro atoms. The van der Waals surface area contributed by atoms with E-state index in [0.717, 1.165) is 5.56 Å². The molecule has 0 aliphatic heterocycles. The second-order valence-electron chi connectivity index (χ2n) is 9.84. The van der Waals surface area contributed by atoms with Gasteiger partial charge in [-0.05, 0) is 17.5 Å². The summed E-state index contributed by atoms with van der Waals surface area (Å²) >= 11 is 0. The highest BCUT2D eigenvalue weighted by atomic mass is 19.4. The van der Waals surface area contributed by atoms with E-state index >= 15 is 0 Å². The summed E-state index contributed by atoms with van der Waals surface area (Å²) in [6.07, 6.45) is -7.87. The van der Waals surface area contributed by atoms with Gasteiger partial charge >= 0.3 is 6.18 Å². The molecule has 5 amide bonds. The van der Waals surface area contributed by atoms with Gasteiger partial charge in [0.15, 0.2) is 6.10 Å². The molecule has 0 heterocycles. The number of carbonyl (C=O) groups is 5. The van der Waals surface area contributed by atoms with Crippen LogP contribution in [0.25, 0.3) is 0 Å². The van der Waals surface area contributed by atoms with Crippen molar-refractivity contribution in [1.82, 2.24) is 21.3 Å². The van der Waals surface area contributed by atoms with Crippen LogP contribution in [0, 0.1) is 0 Å². The van der Waals surface area contributed by atoms with Crippen molar-refractivity contribution < 1.29 is 42.3 Å². The Balaban J connectivity index is 0.00000309. The van der Waals surface area contributed by atoms with Crippen molar-refractivity contribution in [3.8, 4) is 0 Å². The standard InChI is InChI=1S/C27H32F3N5O6.C3H8/c28-27(29,30)25(40)19(11-12-21(31)36)34-24(39)16-33-26(41)20(13-17-7-3-1-4-8-17)35-23(38)15-32-22(37)14-18-9-5-2-6-10-18;1-3-2/h1-10,19-20,25,40H,11-16H2,(H2,31,36)(H,32,37)(H,33,41)(H,34,39)(H,35,38);3H2,1-2H3/t19?,20-,25?;/m0./s1. The van der Waals surface area contributed by atoms with Crippen molar-refractivity contribution in [1.29, 1.82) is 0 Å². The van der Waals surface area contributed by atoms with E-state index in [2.05, 4.69) is 29.8 Å². The van der Waals surface area contributed by atoms with Gasteiger partial charge in [-0.3, -0.25) is 24.0 Å². The van der Waals surface area contributed by atoms with Gasteiger partial charge in [0.25, 0.3) is 0 Å². The van der Waals surface area contributed by atoms with Crippen LogP contribution in [0.5, 0.6) is 0 Å². The molecule has 0 aromatic heterocycles. The normalized spacial score (nSPS) is 12.8. The van der Waals surface area contributed by atoms with Gasteiger partial charge < -0.3 is 32.1 Å². The van der Waals surface area contributed by atoms with Crippen molar-refractivity contribution in [3.63, 3.8) is 0 Å². The zero-order chi connectivity index (χ0) is 33.1. The molecule has 0 bridgehead atoms.